The molecular formula is C21H19N3O2S. The maximum absolute atomic E-state index is 12.6. The van der Waals surface area contributed by atoms with Crippen LogP contribution in [0.4, 0.5) is 10.8 Å². The van der Waals surface area contributed by atoms with Crippen LogP contribution < -0.4 is 10.2 Å². The number of aromatic nitrogens is 1. The molecular weight excluding hydrogens is 358 g/mol. The third-order valence-electron chi connectivity index (χ3n) is 4.61. The summed E-state index contributed by atoms with van der Waals surface area (Å²) in [6, 6.07) is 17.6. The maximum Gasteiger partial charge on any atom is 0.231 e. The summed E-state index contributed by atoms with van der Waals surface area (Å²) < 4.78 is 0. The fourth-order valence-corrected chi connectivity index (χ4v) is 3.93. The number of hydrogen-bond acceptors (Lipinski definition) is 4. The molecule has 0 aliphatic carbocycles. The molecule has 136 valence electrons. The highest BCUT2D eigenvalue weighted by atomic mass is 32.1. The molecule has 5 nitrogen and oxygen atoms in total. The molecule has 1 N–H and O–H groups in total. The van der Waals surface area contributed by atoms with Crippen molar-refractivity contribution in [2.75, 3.05) is 16.8 Å². The second-order valence-corrected chi connectivity index (χ2v) is 7.50. The lowest BCUT2D eigenvalue weighted by molar-refractivity contribution is -0.122. The van der Waals surface area contributed by atoms with Gasteiger partial charge in [-0.3, -0.25) is 9.59 Å². The van der Waals surface area contributed by atoms with E-state index < -0.39 is 0 Å². The van der Waals surface area contributed by atoms with Gasteiger partial charge in [0.05, 0.1) is 11.6 Å². The Bertz CT molecular complexity index is 984. The molecule has 1 atom stereocenters. The number of amides is 2. The summed E-state index contributed by atoms with van der Waals surface area (Å²) in [6.07, 6.45) is 0.219. The normalized spacial score (nSPS) is 16.6. The van der Waals surface area contributed by atoms with Crippen molar-refractivity contribution in [3.63, 3.8) is 0 Å². The van der Waals surface area contributed by atoms with Crippen LogP contribution in [0.1, 0.15) is 12.0 Å². The quantitative estimate of drug-likeness (QED) is 0.744. The summed E-state index contributed by atoms with van der Waals surface area (Å²) >= 11 is 1.39. The number of thiazole rings is 1. The monoisotopic (exact) mass is 377 g/mol. The van der Waals surface area contributed by atoms with Crippen LogP contribution in [-0.2, 0) is 9.59 Å². The van der Waals surface area contributed by atoms with Gasteiger partial charge in [0.2, 0.25) is 11.8 Å². The van der Waals surface area contributed by atoms with E-state index in [0.29, 0.717) is 11.7 Å². The van der Waals surface area contributed by atoms with Gasteiger partial charge in [0.1, 0.15) is 0 Å². The average molecular weight is 377 g/mol. The highest BCUT2D eigenvalue weighted by Gasteiger charge is 2.35. The number of hydrogen-bond donors (Lipinski definition) is 1. The Morgan fingerprint density at radius 2 is 2.00 bits per heavy atom. The van der Waals surface area contributed by atoms with E-state index in [0.717, 1.165) is 22.5 Å². The first-order valence-corrected chi connectivity index (χ1v) is 9.67. The summed E-state index contributed by atoms with van der Waals surface area (Å²) in [5, 5.41) is 5.34. The van der Waals surface area contributed by atoms with Gasteiger partial charge < -0.3 is 10.2 Å². The molecule has 1 aliphatic heterocycles. The van der Waals surface area contributed by atoms with Gasteiger partial charge in [0.15, 0.2) is 5.13 Å². The number of aryl methyl sites for hydroxylation is 1. The summed E-state index contributed by atoms with van der Waals surface area (Å²) in [5.74, 6) is -0.556. The molecule has 1 saturated heterocycles. The van der Waals surface area contributed by atoms with E-state index in [9.17, 15) is 9.59 Å². The van der Waals surface area contributed by atoms with E-state index in [1.165, 1.54) is 11.3 Å². The first kappa shape index (κ1) is 17.4. The number of carbonyl (C=O) groups is 2. The van der Waals surface area contributed by atoms with E-state index in [1.54, 1.807) is 4.90 Å². The van der Waals surface area contributed by atoms with Gasteiger partial charge in [-0.1, -0.05) is 42.5 Å². The van der Waals surface area contributed by atoms with Crippen molar-refractivity contribution in [1.29, 1.82) is 0 Å². The number of nitrogens with zero attached hydrogens (tertiary/aromatic N) is 2. The average Bonchev–Trinajstić information content (AvgIpc) is 3.29. The first-order chi connectivity index (χ1) is 13.1. The van der Waals surface area contributed by atoms with Crippen molar-refractivity contribution in [1.82, 2.24) is 4.98 Å². The highest BCUT2D eigenvalue weighted by molar-refractivity contribution is 7.14. The van der Waals surface area contributed by atoms with Crippen molar-refractivity contribution in [2.24, 2.45) is 5.92 Å². The standard InChI is InChI=1S/C21H19N3O2S/c1-14-6-5-9-17(10-14)24-12-16(11-19(24)25)20(26)23-21-22-18(13-27-21)15-7-3-2-4-8-15/h2-10,13,16H,11-12H2,1H3,(H,22,23,26). The topological polar surface area (TPSA) is 62.3 Å². The molecule has 0 bridgehead atoms. The Morgan fingerprint density at radius 3 is 2.78 bits per heavy atom. The van der Waals surface area contributed by atoms with Crippen molar-refractivity contribution in [3.8, 4) is 11.3 Å². The third kappa shape index (κ3) is 3.75. The molecule has 4 rings (SSSR count). The molecule has 3 aromatic rings. The number of rotatable bonds is 4. The molecule has 1 unspecified atom stereocenters. The lowest BCUT2D eigenvalue weighted by Gasteiger charge is -2.17. The Hall–Kier alpha value is -2.99. The molecule has 27 heavy (non-hydrogen) atoms. The van der Waals surface area contributed by atoms with Crippen molar-refractivity contribution in [3.05, 3.63) is 65.5 Å². The van der Waals surface area contributed by atoms with Crippen molar-refractivity contribution >= 4 is 34.0 Å². The minimum Gasteiger partial charge on any atom is -0.312 e. The number of nitrogens with one attached hydrogen (secondary N) is 1. The van der Waals surface area contributed by atoms with Crippen molar-refractivity contribution < 1.29 is 9.59 Å². The van der Waals surface area contributed by atoms with Gasteiger partial charge in [-0.25, -0.2) is 4.98 Å². The lowest BCUT2D eigenvalue weighted by atomic mass is 10.1. The van der Waals surface area contributed by atoms with Gasteiger partial charge in [-0.15, -0.1) is 11.3 Å². The Labute approximate surface area is 161 Å². The summed E-state index contributed by atoms with van der Waals surface area (Å²) in [6.45, 7) is 2.38. The van der Waals surface area contributed by atoms with Crippen LogP contribution in [-0.4, -0.2) is 23.3 Å². The Balaban J connectivity index is 1.44. The van der Waals surface area contributed by atoms with Crippen LogP contribution in [0.15, 0.2) is 60.0 Å². The predicted molar refractivity (Wildman–Crippen MR) is 108 cm³/mol. The molecule has 0 radical (unpaired) electrons. The zero-order chi connectivity index (χ0) is 18.8. The molecule has 0 saturated carbocycles. The van der Waals surface area contributed by atoms with E-state index >= 15 is 0 Å². The fourth-order valence-electron chi connectivity index (χ4n) is 3.21. The molecule has 1 aliphatic rings. The van der Waals surface area contributed by atoms with Crippen molar-refractivity contribution in [2.45, 2.75) is 13.3 Å². The van der Waals surface area contributed by atoms with E-state index in [2.05, 4.69) is 10.3 Å². The van der Waals surface area contributed by atoms with Crippen LogP contribution in [0.3, 0.4) is 0 Å². The van der Waals surface area contributed by atoms with Crippen LogP contribution in [0.25, 0.3) is 11.3 Å². The van der Waals surface area contributed by atoms with Gasteiger partial charge in [-0.05, 0) is 24.6 Å². The zero-order valence-electron chi connectivity index (χ0n) is 14.9. The molecule has 2 amide bonds. The second-order valence-electron chi connectivity index (χ2n) is 6.64. The molecule has 1 fully saturated rings. The Morgan fingerprint density at radius 1 is 1.19 bits per heavy atom. The fraction of sp³-hybridized carbons (Fsp3) is 0.190. The number of anilines is 2. The largest absolute Gasteiger partial charge is 0.312 e. The Kier molecular flexibility index (Phi) is 4.73. The van der Waals surface area contributed by atoms with E-state index in [4.69, 9.17) is 0 Å². The summed E-state index contributed by atoms with van der Waals surface area (Å²) in [4.78, 5) is 31.2. The molecule has 2 aromatic carbocycles. The van der Waals surface area contributed by atoms with E-state index in [-0.39, 0.29) is 24.2 Å². The molecule has 0 spiro atoms. The van der Waals surface area contributed by atoms with Gasteiger partial charge >= 0.3 is 0 Å². The van der Waals surface area contributed by atoms with Gasteiger partial charge in [0, 0.05) is 29.6 Å². The van der Waals surface area contributed by atoms with Gasteiger partial charge in [-0.2, -0.15) is 0 Å². The minimum atomic E-state index is -0.373. The smallest absolute Gasteiger partial charge is 0.231 e. The number of carbonyl (C=O) groups excluding carboxylic acids is 2. The SMILES string of the molecule is Cc1cccc(N2CC(C(=O)Nc3nc(-c4ccccc4)cs3)CC2=O)c1. The molecule has 2 heterocycles. The molecule has 1 aromatic heterocycles. The van der Waals surface area contributed by atoms with Crippen LogP contribution in [0.2, 0.25) is 0 Å². The highest BCUT2D eigenvalue weighted by Crippen LogP contribution is 2.28. The third-order valence-corrected chi connectivity index (χ3v) is 5.37. The van der Waals surface area contributed by atoms with Gasteiger partial charge in [0.25, 0.3) is 0 Å². The summed E-state index contributed by atoms with van der Waals surface area (Å²) in [5.41, 5.74) is 3.77. The van der Waals surface area contributed by atoms with Crippen LogP contribution >= 0.6 is 11.3 Å². The first-order valence-electron chi connectivity index (χ1n) is 8.79. The minimum absolute atomic E-state index is 0.0233. The lowest BCUT2D eigenvalue weighted by Crippen LogP contribution is -2.28. The number of benzene rings is 2. The second kappa shape index (κ2) is 7.32. The molecule has 6 heteroatoms. The maximum atomic E-state index is 12.6. The predicted octanol–water partition coefficient (Wildman–Crippen LogP) is 4.11. The van der Waals surface area contributed by atoms with Crippen LogP contribution in [0, 0.1) is 12.8 Å². The summed E-state index contributed by atoms with van der Waals surface area (Å²) in [7, 11) is 0. The zero-order valence-corrected chi connectivity index (χ0v) is 15.7. The van der Waals surface area contributed by atoms with Crippen LogP contribution in [0.5, 0.6) is 0 Å². The van der Waals surface area contributed by atoms with E-state index in [1.807, 2.05) is 66.9 Å².